The second-order valence-corrected chi connectivity index (χ2v) is 6.33. The van der Waals surface area contributed by atoms with Crippen molar-refractivity contribution in [2.45, 2.75) is 9.65 Å². The van der Waals surface area contributed by atoms with Gasteiger partial charge in [0, 0.05) is 0 Å². The molecule has 2 aromatic rings. The molecule has 0 unspecified atom stereocenters. The van der Waals surface area contributed by atoms with Crippen molar-refractivity contribution in [2.75, 3.05) is 0 Å². The van der Waals surface area contributed by atoms with E-state index in [1.54, 1.807) is 6.08 Å². The van der Waals surface area contributed by atoms with Crippen molar-refractivity contribution in [1.82, 2.24) is 0 Å². The summed E-state index contributed by atoms with van der Waals surface area (Å²) in [5.74, 6) is 0.0413. The van der Waals surface area contributed by atoms with Crippen LogP contribution in [0, 0.1) is 0 Å². The van der Waals surface area contributed by atoms with E-state index in [4.69, 9.17) is 0 Å². The van der Waals surface area contributed by atoms with Gasteiger partial charge in [0.1, 0.15) is 0 Å². The van der Waals surface area contributed by atoms with Gasteiger partial charge in [-0.2, -0.15) is 0 Å². The zero-order valence-corrected chi connectivity index (χ0v) is 13.9. The van der Waals surface area contributed by atoms with E-state index in [2.05, 4.69) is 31.9 Å². The number of ketones is 1. The standard InChI is InChI=1S/C17H14Br2O/c18-16(14-9-5-2-6-10-14)17(19)15(20)12-11-13-7-3-1-4-8-13/h1-12,16-17H/b12-11+/t16-,17-/m1/s1. The Labute approximate surface area is 136 Å². The quantitative estimate of drug-likeness (QED) is 0.505. The van der Waals surface area contributed by atoms with Crippen LogP contribution >= 0.6 is 31.9 Å². The molecule has 1 nitrogen and oxygen atoms in total. The first-order valence-electron chi connectivity index (χ1n) is 6.28. The molecule has 0 amide bonds. The van der Waals surface area contributed by atoms with Gasteiger partial charge in [0.15, 0.2) is 5.78 Å². The average Bonchev–Trinajstić information content (AvgIpc) is 2.53. The number of alkyl halides is 2. The predicted octanol–water partition coefficient (Wildman–Crippen LogP) is 5.17. The van der Waals surface area contributed by atoms with Crippen LogP contribution in [0.15, 0.2) is 66.7 Å². The molecule has 0 saturated carbocycles. The second-order valence-electron chi connectivity index (χ2n) is 4.36. The minimum absolute atomic E-state index is 0.0413. The van der Waals surface area contributed by atoms with Crippen molar-refractivity contribution < 1.29 is 4.79 Å². The highest BCUT2D eigenvalue weighted by Gasteiger charge is 2.22. The molecule has 0 bridgehead atoms. The van der Waals surface area contributed by atoms with E-state index in [-0.39, 0.29) is 15.4 Å². The number of benzene rings is 2. The Morgan fingerprint density at radius 2 is 1.45 bits per heavy atom. The van der Waals surface area contributed by atoms with Gasteiger partial charge in [0.2, 0.25) is 0 Å². The van der Waals surface area contributed by atoms with E-state index in [1.165, 1.54) is 0 Å². The van der Waals surface area contributed by atoms with Crippen LogP contribution in [-0.4, -0.2) is 10.6 Å². The van der Waals surface area contributed by atoms with Crippen molar-refractivity contribution in [3.8, 4) is 0 Å². The summed E-state index contributed by atoms with van der Waals surface area (Å²) in [6, 6.07) is 19.7. The zero-order chi connectivity index (χ0) is 14.4. The van der Waals surface area contributed by atoms with Crippen molar-refractivity contribution in [1.29, 1.82) is 0 Å². The molecule has 0 spiro atoms. The Morgan fingerprint density at radius 3 is 2.05 bits per heavy atom. The molecule has 3 heteroatoms. The lowest BCUT2D eigenvalue weighted by atomic mass is 10.1. The molecule has 0 fully saturated rings. The molecule has 0 aliphatic carbocycles. The first kappa shape index (κ1) is 15.2. The van der Waals surface area contributed by atoms with E-state index >= 15 is 0 Å². The summed E-state index contributed by atoms with van der Waals surface area (Å²) >= 11 is 7.05. The van der Waals surface area contributed by atoms with E-state index in [0.717, 1.165) is 11.1 Å². The summed E-state index contributed by atoms with van der Waals surface area (Å²) in [4.78, 5) is 11.8. The number of hydrogen-bond acceptors (Lipinski definition) is 1. The lowest BCUT2D eigenvalue weighted by molar-refractivity contribution is -0.113. The second kappa shape index (κ2) is 7.55. The average molecular weight is 394 g/mol. The number of carbonyl (C=O) groups excluding carboxylic acids is 1. The maximum atomic E-state index is 12.2. The summed E-state index contributed by atoms with van der Waals surface area (Å²) in [7, 11) is 0. The predicted molar refractivity (Wildman–Crippen MR) is 91.3 cm³/mol. The highest BCUT2D eigenvalue weighted by Crippen LogP contribution is 2.31. The summed E-state index contributed by atoms with van der Waals surface area (Å²) < 4.78 is 0. The molecule has 0 radical (unpaired) electrons. The number of hydrogen-bond donors (Lipinski definition) is 0. The number of carbonyl (C=O) groups is 1. The SMILES string of the molecule is O=C(/C=C/c1ccccc1)[C@@H](Br)[C@H](Br)c1ccccc1. The Morgan fingerprint density at radius 1 is 0.900 bits per heavy atom. The fourth-order valence-corrected chi connectivity index (χ4v) is 2.81. The van der Waals surface area contributed by atoms with Crippen molar-refractivity contribution >= 4 is 43.7 Å². The molecular weight excluding hydrogens is 380 g/mol. The number of allylic oxidation sites excluding steroid dienone is 1. The molecule has 0 aliphatic rings. The van der Waals surface area contributed by atoms with Crippen molar-refractivity contribution in [2.24, 2.45) is 0 Å². The van der Waals surface area contributed by atoms with Gasteiger partial charge in [-0.05, 0) is 17.2 Å². The van der Waals surface area contributed by atoms with E-state index in [9.17, 15) is 4.79 Å². The van der Waals surface area contributed by atoms with Gasteiger partial charge in [0.25, 0.3) is 0 Å². The number of rotatable bonds is 5. The Balaban J connectivity index is 2.04. The molecule has 0 saturated heterocycles. The molecule has 20 heavy (non-hydrogen) atoms. The van der Waals surface area contributed by atoms with E-state index in [0.29, 0.717) is 0 Å². The van der Waals surface area contributed by atoms with E-state index in [1.807, 2.05) is 66.7 Å². The molecule has 0 heterocycles. The third-order valence-corrected chi connectivity index (χ3v) is 5.63. The summed E-state index contributed by atoms with van der Waals surface area (Å²) in [5.41, 5.74) is 2.10. The molecule has 2 atom stereocenters. The minimum atomic E-state index is -0.287. The largest absolute Gasteiger partial charge is 0.294 e. The fourth-order valence-electron chi connectivity index (χ4n) is 1.78. The van der Waals surface area contributed by atoms with E-state index < -0.39 is 0 Å². The van der Waals surface area contributed by atoms with Gasteiger partial charge in [-0.25, -0.2) is 0 Å². The maximum absolute atomic E-state index is 12.2. The monoisotopic (exact) mass is 392 g/mol. The molecular formula is C17H14Br2O. The highest BCUT2D eigenvalue weighted by atomic mass is 79.9. The Bertz CT molecular complexity index is 578. The lowest BCUT2D eigenvalue weighted by Gasteiger charge is -2.14. The minimum Gasteiger partial charge on any atom is -0.294 e. The number of halogens is 2. The van der Waals surface area contributed by atoms with Crippen LogP contribution in [0.2, 0.25) is 0 Å². The van der Waals surface area contributed by atoms with Crippen molar-refractivity contribution in [3.05, 3.63) is 77.9 Å². The van der Waals surface area contributed by atoms with Crippen LogP contribution < -0.4 is 0 Å². The van der Waals surface area contributed by atoms with Crippen molar-refractivity contribution in [3.63, 3.8) is 0 Å². The molecule has 102 valence electrons. The van der Waals surface area contributed by atoms with Gasteiger partial charge < -0.3 is 0 Å². The third kappa shape index (κ3) is 4.15. The fraction of sp³-hybridized carbons (Fsp3) is 0.118. The highest BCUT2D eigenvalue weighted by molar-refractivity contribution is 9.12. The van der Waals surface area contributed by atoms with Gasteiger partial charge in [-0.15, -0.1) is 0 Å². The smallest absolute Gasteiger partial charge is 0.170 e. The molecule has 2 aromatic carbocycles. The van der Waals surface area contributed by atoms with Crippen LogP contribution in [0.1, 0.15) is 16.0 Å². The lowest BCUT2D eigenvalue weighted by Crippen LogP contribution is -2.16. The summed E-state index contributed by atoms with van der Waals surface area (Å²) in [6.07, 6.45) is 3.45. The summed E-state index contributed by atoms with van der Waals surface area (Å²) in [6.45, 7) is 0. The van der Waals surface area contributed by atoms with Crippen LogP contribution in [0.25, 0.3) is 6.08 Å². The molecule has 0 aliphatic heterocycles. The topological polar surface area (TPSA) is 17.1 Å². The first-order chi connectivity index (χ1) is 9.68. The van der Waals surface area contributed by atoms with Crippen LogP contribution in [0.3, 0.4) is 0 Å². The molecule has 2 rings (SSSR count). The first-order valence-corrected chi connectivity index (χ1v) is 8.11. The zero-order valence-electron chi connectivity index (χ0n) is 10.7. The normalized spacial score (nSPS) is 14.1. The van der Waals surface area contributed by atoms with Gasteiger partial charge in [0.05, 0.1) is 9.65 Å². The third-order valence-electron chi connectivity index (χ3n) is 2.89. The van der Waals surface area contributed by atoms with Gasteiger partial charge in [-0.3, -0.25) is 4.79 Å². The molecule has 0 N–H and O–H groups in total. The van der Waals surface area contributed by atoms with Gasteiger partial charge in [-0.1, -0.05) is 98.6 Å². The van der Waals surface area contributed by atoms with Gasteiger partial charge >= 0.3 is 0 Å². The van der Waals surface area contributed by atoms with Crippen LogP contribution in [0.4, 0.5) is 0 Å². The maximum Gasteiger partial charge on any atom is 0.170 e. The molecule has 0 aromatic heterocycles. The summed E-state index contributed by atoms with van der Waals surface area (Å²) in [5, 5.41) is 0. The van der Waals surface area contributed by atoms with Crippen LogP contribution in [-0.2, 0) is 4.79 Å². The Kier molecular flexibility index (Phi) is 5.74. The Hall–Kier alpha value is -1.19. The van der Waals surface area contributed by atoms with Crippen LogP contribution in [0.5, 0.6) is 0 Å².